The van der Waals surface area contributed by atoms with E-state index in [2.05, 4.69) is 10.1 Å². The molecule has 0 aliphatic carbocycles. The SMILES string of the molecule is COC(=O)CCC(=O)N1CCC(NC(=O)c2ccsc2)CC1. The lowest BCUT2D eigenvalue weighted by Crippen LogP contribution is -2.46. The summed E-state index contributed by atoms with van der Waals surface area (Å²) in [4.78, 5) is 36.7. The number of piperidine rings is 1. The molecular formula is C15H20N2O4S. The summed E-state index contributed by atoms with van der Waals surface area (Å²) in [6.07, 6.45) is 1.77. The standard InChI is InChI=1S/C15H20N2O4S/c1-21-14(19)3-2-13(18)17-7-4-12(5-8-17)16-15(20)11-6-9-22-10-11/h6,9-10,12H,2-5,7-8H2,1H3,(H,16,20). The fraction of sp³-hybridized carbons (Fsp3) is 0.533. The van der Waals surface area contributed by atoms with Crippen molar-refractivity contribution in [2.24, 2.45) is 0 Å². The molecule has 0 radical (unpaired) electrons. The minimum Gasteiger partial charge on any atom is -0.469 e. The fourth-order valence-corrected chi connectivity index (χ4v) is 3.04. The average Bonchev–Trinajstić information content (AvgIpc) is 3.07. The van der Waals surface area contributed by atoms with Gasteiger partial charge in [0.05, 0.1) is 13.5 Å². The molecule has 0 spiro atoms. The number of thiophene rings is 1. The molecule has 0 atom stereocenters. The van der Waals surface area contributed by atoms with Gasteiger partial charge in [-0.15, -0.1) is 0 Å². The van der Waals surface area contributed by atoms with Crippen LogP contribution in [-0.4, -0.2) is 48.9 Å². The fourth-order valence-electron chi connectivity index (χ4n) is 2.40. The zero-order valence-corrected chi connectivity index (χ0v) is 13.4. The van der Waals surface area contributed by atoms with Gasteiger partial charge in [0.15, 0.2) is 0 Å². The topological polar surface area (TPSA) is 75.7 Å². The van der Waals surface area contributed by atoms with Crippen molar-refractivity contribution in [3.8, 4) is 0 Å². The van der Waals surface area contributed by atoms with E-state index in [4.69, 9.17) is 0 Å². The van der Waals surface area contributed by atoms with E-state index >= 15 is 0 Å². The zero-order valence-electron chi connectivity index (χ0n) is 12.5. The molecule has 1 saturated heterocycles. The first-order valence-electron chi connectivity index (χ1n) is 7.28. The minimum atomic E-state index is -0.369. The molecule has 0 saturated carbocycles. The van der Waals surface area contributed by atoms with Crippen molar-refractivity contribution in [1.29, 1.82) is 0 Å². The number of carbonyl (C=O) groups is 3. The molecule has 1 fully saturated rings. The van der Waals surface area contributed by atoms with Gasteiger partial charge < -0.3 is 15.0 Å². The number of rotatable bonds is 5. The number of hydrogen-bond acceptors (Lipinski definition) is 5. The molecule has 1 N–H and O–H groups in total. The second-order valence-corrected chi connectivity index (χ2v) is 6.00. The molecular weight excluding hydrogens is 304 g/mol. The summed E-state index contributed by atoms with van der Waals surface area (Å²) in [5, 5.41) is 6.69. The molecule has 0 aromatic carbocycles. The lowest BCUT2D eigenvalue weighted by atomic mass is 10.0. The number of amides is 2. The van der Waals surface area contributed by atoms with E-state index in [1.54, 1.807) is 11.0 Å². The molecule has 1 aromatic rings. The monoisotopic (exact) mass is 324 g/mol. The van der Waals surface area contributed by atoms with Crippen LogP contribution in [0.5, 0.6) is 0 Å². The van der Waals surface area contributed by atoms with Crippen LogP contribution in [0.3, 0.4) is 0 Å². The number of ether oxygens (including phenoxy) is 1. The van der Waals surface area contributed by atoms with E-state index in [1.165, 1.54) is 18.4 Å². The summed E-state index contributed by atoms with van der Waals surface area (Å²) >= 11 is 1.49. The molecule has 1 aliphatic heterocycles. The van der Waals surface area contributed by atoms with Gasteiger partial charge in [-0.05, 0) is 24.3 Å². The van der Waals surface area contributed by atoms with Gasteiger partial charge in [-0.3, -0.25) is 14.4 Å². The van der Waals surface area contributed by atoms with Crippen molar-refractivity contribution in [3.63, 3.8) is 0 Å². The van der Waals surface area contributed by atoms with Gasteiger partial charge in [-0.25, -0.2) is 0 Å². The van der Waals surface area contributed by atoms with Crippen molar-refractivity contribution in [3.05, 3.63) is 22.4 Å². The molecule has 6 nitrogen and oxygen atoms in total. The van der Waals surface area contributed by atoms with E-state index in [1.807, 2.05) is 10.8 Å². The summed E-state index contributed by atoms with van der Waals surface area (Å²) < 4.78 is 4.53. The molecule has 0 bridgehead atoms. The van der Waals surface area contributed by atoms with Crippen LogP contribution in [0.15, 0.2) is 16.8 Å². The van der Waals surface area contributed by atoms with Crippen molar-refractivity contribution in [1.82, 2.24) is 10.2 Å². The second kappa shape index (κ2) is 7.93. The highest BCUT2D eigenvalue weighted by Gasteiger charge is 2.24. The van der Waals surface area contributed by atoms with Gasteiger partial charge in [0, 0.05) is 36.5 Å². The normalized spacial score (nSPS) is 15.4. The zero-order chi connectivity index (χ0) is 15.9. The highest BCUT2D eigenvalue weighted by Crippen LogP contribution is 2.14. The summed E-state index contributed by atoms with van der Waals surface area (Å²) in [7, 11) is 1.31. The Bertz CT molecular complexity index is 522. The summed E-state index contributed by atoms with van der Waals surface area (Å²) in [6, 6.07) is 1.89. The van der Waals surface area contributed by atoms with Gasteiger partial charge in [0.25, 0.3) is 5.91 Å². The van der Waals surface area contributed by atoms with Crippen molar-refractivity contribution < 1.29 is 19.1 Å². The number of carbonyl (C=O) groups excluding carboxylic acids is 3. The van der Waals surface area contributed by atoms with Crippen LogP contribution in [0.4, 0.5) is 0 Å². The first kappa shape index (κ1) is 16.5. The molecule has 120 valence electrons. The van der Waals surface area contributed by atoms with Crippen LogP contribution in [0, 0.1) is 0 Å². The van der Waals surface area contributed by atoms with Crippen LogP contribution < -0.4 is 5.32 Å². The van der Waals surface area contributed by atoms with Gasteiger partial charge in [-0.2, -0.15) is 11.3 Å². The highest BCUT2D eigenvalue weighted by atomic mass is 32.1. The maximum absolute atomic E-state index is 12.0. The smallest absolute Gasteiger partial charge is 0.306 e. The lowest BCUT2D eigenvalue weighted by molar-refractivity contribution is -0.143. The predicted octanol–water partition coefficient (Wildman–Crippen LogP) is 1.42. The molecule has 1 aromatic heterocycles. The molecule has 2 amide bonds. The third kappa shape index (κ3) is 4.56. The Morgan fingerprint density at radius 2 is 2.05 bits per heavy atom. The Kier molecular flexibility index (Phi) is 5.94. The van der Waals surface area contributed by atoms with E-state index < -0.39 is 0 Å². The van der Waals surface area contributed by atoms with Crippen LogP contribution in [0.1, 0.15) is 36.0 Å². The summed E-state index contributed by atoms with van der Waals surface area (Å²) in [5.41, 5.74) is 0.682. The molecule has 7 heteroatoms. The van der Waals surface area contributed by atoms with Crippen LogP contribution in [0.25, 0.3) is 0 Å². The molecule has 1 aliphatic rings. The quantitative estimate of drug-likeness (QED) is 0.831. The number of likely N-dealkylation sites (tertiary alicyclic amines) is 1. The van der Waals surface area contributed by atoms with Crippen LogP contribution >= 0.6 is 11.3 Å². The average molecular weight is 324 g/mol. The van der Waals surface area contributed by atoms with E-state index in [9.17, 15) is 14.4 Å². The Hall–Kier alpha value is -1.89. The maximum atomic E-state index is 12.0. The molecule has 2 heterocycles. The van der Waals surface area contributed by atoms with E-state index in [0.717, 1.165) is 12.8 Å². The largest absolute Gasteiger partial charge is 0.469 e. The van der Waals surface area contributed by atoms with Crippen molar-refractivity contribution >= 4 is 29.1 Å². The summed E-state index contributed by atoms with van der Waals surface area (Å²) in [5.74, 6) is -0.462. The number of nitrogens with zero attached hydrogens (tertiary/aromatic N) is 1. The van der Waals surface area contributed by atoms with Gasteiger partial charge in [0.2, 0.25) is 5.91 Å². The third-order valence-electron chi connectivity index (χ3n) is 3.74. The number of esters is 1. The Morgan fingerprint density at radius 1 is 1.32 bits per heavy atom. The van der Waals surface area contributed by atoms with E-state index in [-0.39, 0.29) is 36.7 Å². The number of methoxy groups -OCH3 is 1. The predicted molar refractivity (Wildman–Crippen MR) is 82.6 cm³/mol. The molecule has 22 heavy (non-hydrogen) atoms. The first-order valence-corrected chi connectivity index (χ1v) is 8.22. The Balaban J connectivity index is 1.72. The third-order valence-corrected chi connectivity index (χ3v) is 4.42. The molecule has 2 rings (SSSR count). The van der Waals surface area contributed by atoms with Crippen molar-refractivity contribution in [2.45, 2.75) is 31.7 Å². The maximum Gasteiger partial charge on any atom is 0.306 e. The first-order chi connectivity index (χ1) is 10.6. The van der Waals surface area contributed by atoms with Gasteiger partial charge in [-0.1, -0.05) is 0 Å². The Labute approximate surface area is 133 Å². The highest BCUT2D eigenvalue weighted by molar-refractivity contribution is 7.08. The number of hydrogen-bond donors (Lipinski definition) is 1. The van der Waals surface area contributed by atoms with E-state index in [0.29, 0.717) is 18.7 Å². The summed E-state index contributed by atoms with van der Waals surface area (Å²) in [6.45, 7) is 1.21. The van der Waals surface area contributed by atoms with Crippen LogP contribution in [-0.2, 0) is 14.3 Å². The van der Waals surface area contributed by atoms with Crippen LogP contribution in [0.2, 0.25) is 0 Å². The Morgan fingerprint density at radius 3 is 2.64 bits per heavy atom. The lowest BCUT2D eigenvalue weighted by Gasteiger charge is -2.32. The minimum absolute atomic E-state index is 0.0342. The number of nitrogens with one attached hydrogen (secondary N) is 1. The van der Waals surface area contributed by atoms with Crippen molar-refractivity contribution in [2.75, 3.05) is 20.2 Å². The second-order valence-electron chi connectivity index (χ2n) is 5.22. The van der Waals surface area contributed by atoms with Gasteiger partial charge >= 0.3 is 5.97 Å². The van der Waals surface area contributed by atoms with Gasteiger partial charge in [0.1, 0.15) is 0 Å². The molecule has 0 unspecified atom stereocenters.